The van der Waals surface area contributed by atoms with Crippen LogP contribution in [-0.4, -0.2) is 18.4 Å². The van der Waals surface area contributed by atoms with Crippen LogP contribution in [0.15, 0.2) is 82.2 Å². The van der Waals surface area contributed by atoms with Crippen molar-refractivity contribution in [1.82, 2.24) is 0 Å². The lowest BCUT2D eigenvalue weighted by atomic mass is 10.1. The highest BCUT2D eigenvalue weighted by Gasteiger charge is 2.40. The lowest BCUT2D eigenvalue weighted by Crippen LogP contribution is -2.32. The molecule has 0 spiro atoms. The molecule has 0 radical (unpaired) electrons. The van der Waals surface area contributed by atoms with Crippen molar-refractivity contribution in [2.24, 2.45) is 0 Å². The Balaban J connectivity index is 1.73. The van der Waals surface area contributed by atoms with E-state index < -0.39 is 0 Å². The van der Waals surface area contributed by atoms with Crippen LogP contribution in [-0.2, 0) is 9.59 Å². The molecule has 0 fully saturated rings. The molecule has 0 atom stereocenters. The fraction of sp³-hybridized carbons (Fsp3) is 0.185. The van der Waals surface area contributed by atoms with Gasteiger partial charge in [0, 0.05) is 10.6 Å². The summed E-state index contributed by atoms with van der Waals surface area (Å²) < 4.78 is 5.50. The molecule has 0 aromatic heterocycles. The average molecular weight is 459 g/mol. The topological polar surface area (TPSA) is 58.6 Å². The molecule has 0 aliphatic carbocycles. The summed E-state index contributed by atoms with van der Waals surface area (Å²) in [6.45, 7) is 8.43. The zero-order valence-electron chi connectivity index (χ0n) is 19.1. The third kappa shape index (κ3) is 4.81. The summed E-state index contributed by atoms with van der Waals surface area (Å²) in [4.78, 5) is 29.5. The van der Waals surface area contributed by atoms with Gasteiger partial charge in [0.15, 0.2) is 0 Å². The van der Waals surface area contributed by atoms with Crippen molar-refractivity contribution in [3.63, 3.8) is 0 Å². The maximum atomic E-state index is 13.5. The van der Waals surface area contributed by atoms with E-state index in [4.69, 9.17) is 4.74 Å². The Morgan fingerprint density at radius 2 is 1.52 bits per heavy atom. The van der Waals surface area contributed by atoms with Gasteiger partial charge in [-0.15, -0.1) is 0 Å². The number of carbonyl (C=O) groups is 2. The molecule has 168 valence electrons. The summed E-state index contributed by atoms with van der Waals surface area (Å²) in [6.07, 6.45) is 0. The van der Waals surface area contributed by atoms with Crippen molar-refractivity contribution in [1.29, 1.82) is 0 Å². The van der Waals surface area contributed by atoms with Crippen LogP contribution < -0.4 is 15.0 Å². The Kier molecular flexibility index (Phi) is 6.56. The first kappa shape index (κ1) is 22.7. The Hall–Kier alpha value is -3.51. The van der Waals surface area contributed by atoms with Gasteiger partial charge in [0.05, 0.1) is 12.3 Å². The van der Waals surface area contributed by atoms with Crippen LogP contribution in [0.25, 0.3) is 0 Å². The number of benzene rings is 3. The van der Waals surface area contributed by atoms with Gasteiger partial charge in [-0.25, -0.2) is 4.90 Å². The Morgan fingerprint density at radius 3 is 2.18 bits per heavy atom. The number of ether oxygens (including phenoxy) is 1. The first-order valence-corrected chi connectivity index (χ1v) is 11.6. The molecule has 0 saturated heterocycles. The number of carbonyl (C=O) groups excluding carboxylic acids is 2. The number of nitrogens with one attached hydrogen (secondary N) is 1. The van der Waals surface area contributed by atoms with E-state index in [1.54, 1.807) is 24.3 Å². The van der Waals surface area contributed by atoms with Crippen molar-refractivity contribution in [2.75, 3.05) is 16.8 Å². The summed E-state index contributed by atoms with van der Waals surface area (Å²) >= 11 is 1.30. The number of aryl methyl sites for hydroxylation is 3. The number of rotatable bonds is 7. The molecule has 1 aliphatic rings. The third-order valence-corrected chi connectivity index (χ3v) is 6.43. The van der Waals surface area contributed by atoms with Gasteiger partial charge in [0.25, 0.3) is 11.8 Å². The van der Waals surface area contributed by atoms with E-state index in [0.29, 0.717) is 22.9 Å². The number of imide groups is 1. The zero-order chi connectivity index (χ0) is 23.5. The van der Waals surface area contributed by atoms with Gasteiger partial charge in [-0.05, 0) is 81.3 Å². The molecule has 4 rings (SSSR count). The summed E-state index contributed by atoms with van der Waals surface area (Å²) in [6, 6.07) is 20.9. The lowest BCUT2D eigenvalue weighted by molar-refractivity contribution is -0.120. The Morgan fingerprint density at radius 1 is 0.848 bits per heavy atom. The zero-order valence-corrected chi connectivity index (χ0v) is 20.0. The highest BCUT2D eigenvalue weighted by Crippen LogP contribution is 2.38. The molecule has 1 aliphatic heterocycles. The molecule has 6 heteroatoms. The molecule has 0 unspecified atom stereocenters. The highest BCUT2D eigenvalue weighted by atomic mass is 32.2. The van der Waals surface area contributed by atoms with Gasteiger partial charge in [0.1, 0.15) is 16.4 Å². The molecular formula is C27H26N2O3S. The standard InChI is InChI=1S/C27H26N2O3S/c1-5-32-21-12-10-20(11-13-21)29-26(30)24(28-23-16-18(3)6-9-19(23)4)25(27(29)31)33-22-14-7-17(2)8-15-22/h6-16,28H,5H2,1-4H3. The minimum absolute atomic E-state index is 0.285. The van der Waals surface area contributed by atoms with E-state index in [-0.39, 0.29) is 17.5 Å². The van der Waals surface area contributed by atoms with Gasteiger partial charge >= 0.3 is 0 Å². The van der Waals surface area contributed by atoms with Gasteiger partial charge in [0.2, 0.25) is 0 Å². The van der Waals surface area contributed by atoms with E-state index in [0.717, 1.165) is 27.3 Å². The minimum Gasteiger partial charge on any atom is -0.494 e. The lowest BCUT2D eigenvalue weighted by Gasteiger charge is -2.16. The van der Waals surface area contributed by atoms with Crippen molar-refractivity contribution in [3.8, 4) is 5.75 Å². The van der Waals surface area contributed by atoms with E-state index in [2.05, 4.69) is 5.32 Å². The average Bonchev–Trinajstić information content (AvgIpc) is 3.02. The van der Waals surface area contributed by atoms with Gasteiger partial charge in [-0.1, -0.05) is 41.6 Å². The first-order chi connectivity index (χ1) is 15.9. The predicted octanol–water partition coefficient (Wildman–Crippen LogP) is 6.00. The van der Waals surface area contributed by atoms with Crippen LogP contribution in [0.3, 0.4) is 0 Å². The maximum absolute atomic E-state index is 13.5. The second-order valence-corrected chi connectivity index (χ2v) is 9.02. The Bertz CT molecular complexity index is 1230. The second kappa shape index (κ2) is 9.55. The number of amides is 2. The maximum Gasteiger partial charge on any atom is 0.283 e. The molecule has 3 aromatic carbocycles. The summed E-state index contributed by atoms with van der Waals surface area (Å²) in [5.74, 6) is -0.0292. The van der Waals surface area contributed by atoms with Crippen LogP contribution in [0.5, 0.6) is 5.75 Å². The second-order valence-electron chi connectivity index (χ2n) is 7.94. The van der Waals surface area contributed by atoms with E-state index in [1.165, 1.54) is 16.7 Å². The van der Waals surface area contributed by atoms with Crippen LogP contribution in [0.4, 0.5) is 11.4 Å². The Labute approximate surface area is 198 Å². The molecule has 0 saturated carbocycles. The third-order valence-electron chi connectivity index (χ3n) is 5.34. The number of thioether (sulfide) groups is 1. The van der Waals surface area contributed by atoms with Crippen LogP contribution in [0.2, 0.25) is 0 Å². The monoisotopic (exact) mass is 458 g/mol. The first-order valence-electron chi connectivity index (χ1n) is 10.8. The van der Waals surface area contributed by atoms with Crippen LogP contribution in [0.1, 0.15) is 23.6 Å². The summed E-state index contributed by atoms with van der Waals surface area (Å²) in [7, 11) is 0. The van der Waals surface area contributed by atoms with Crippen LogP contribution >= 0.6 is 11.8 Å². The molecule has 1 heterocycles. The van der Waals surface area contributed by atoms with E-state index >= 15 is 0 Å². The van der Waals surface area contributed by atoms with Crippen molar-refractivity contribution >= 4 is 35.0 Å². The predicted molar refractivity (Wildman–Crippen MR) is 134 cm³/mol. The number of hydrogen-bond donors (Lipinski definition) is 1. The molecule has 3 aromatic rings. The van der Waals surface area contributed by atoms with Crippen molar-refractivity contribution < 1.29 is 14.3 Å². The molecule has 2 amide bonds. The quantitative estimate of drug-likeness (QED) is 0.440. The van der Waals surface area contributed by atoms with Gasteiger partial charge in [-0.2, -0.15) is 0 Å². The fourth-order valence-electron chi connectivity index (χ4n) is 3.54. The van der Waals surface area contributed by atoms with Gasteiger partial charge in [-0.3, -0.25) is 9.59 Å². The largest absolute Gasteiger partial charge is 0.494 e. The normalized spacial score (nSPS) is 13.6. The molecule has 5 nitrogen and oxygen atoms in total. The minimum atomic E-state index is -0.375. The van der Waals surface area contributed by atoms with Crippen molar-refractivity contribution in [3.05, 3.63) is 94.0 Å². The number of nitrogens with zero attached hydrogens (tertiary/aromatic N) is 1. The smallest absolute Gasteiger partial charge is 0.283 e. The fourth-order valence-corrected chi connectivity index (χ4v) is 4.46. The van der Waals surface area contributed by atoms with Crippen LogP contribution in [0, 0.1) is 20.8 Å². The highest BCUT2D eigenvalue weighted by molar-refractivity contribution is 8.04. The van der Waals surface area contributed by atoms with Crippen molar-refractivity contribution in [2.45, 2.75) is 32.6 Å². The van der Waals surface area contributed by atoms with E-state index in [9.17, 15) is 9.59 Å². The molecule has 33 heavy (non-hydrogen) atoms. The van der Waals surface area contributed by atoms with Gasteiger partial charge < -0.3 is 10.1 Å². The number of hydrogen-bond acceptors (Lipinski definition) is 5. The molecular weight excluding hydrogens is 432 g/mol. The molecule has 1 N–H and O–H groups in total. The van der Waals surface area contributed by atoms with E-state index in [1.807, 2.05) is 70.2 Å². The molecule has 0 bridgehead atoms. The summed E-state index contributed by atoms with van der Waals surface area (Å²) in [5, 5.41) is 3.27. The summed E-state index contributed by atoms with van der Waals surface area (Å²) in [5.41, 5.74) is 4.79. The number of anilines is 2. The SMILES string of the molecule is CCOc1ccc(N2C(=O)C(Nc3cc(C)ccc3C)=C(Sc3ccc(C)cc3)C2=O)cc1.